The minimum atomic E-state index is -0.0998. The van der Waals surface area contributed by atoms with Gasteiger partial charge in [0.05, 0.1) is 19.9 Å². The van der Waals surface area contributed by atoms with E-state index in [1.165, 1.54) is 17.4 Å². The first-order valence-corrected chi connectivity index (χ1v) is 12.4. The number of amides is 1. The number of methoxy groups -OCH3 is 1. The molecule has 0 fully saturated rings. The van der Waals surface area contributed by atoms with Gasteiger partial charge in [0.25, 0.3) is 0 Å². The fourth-order valence-corrected chi connectivity index (χ4v) is 5.12. The molecule has 33 heavy (non-hydrogen) atoms. The second-order valence-corrected chi connectivity index (χ2v) is 9.54. The molecule has 1 aromatic carbocycles. The number of benzene rings is 1. The van der Waals surface area contributed by atoms with Gasteiger partial charge in [-0.3, -0.25) is 9.78 Å². The third-order valence-electron chi connectivity index (χ3n) is 5.24. The number of aromatic nitrogens is 1. The number of hydrogen-bond acceptors (Lipinski definition) is 8. The highest BCUT2D eigenvalue weighted by molar-refractivity contribution is 8.13. The second kappa shape index (κ2) is 9.76. The van der Waals surface area contributed by atoms with Crippen LogP contribution in [0.15, 0.2) is 52.8 Å². The Morgan fingerprint density at radius 3 is 2.64 bits per heavy atom. The third kappa shape index (κ3) is 4.94. The number of hydrazone groups is 1. The van der Waals surface area contributed by atoms with Crippen molar-refractivity contribution in [3.63, 3.8) is 0 Å². The summed E-state index contributed by atoms with van der Waals surface area (Å²) >= 11 is 3.23. The van der Waals surface area contributed by atoms with E-state index >= 15 is 0 Å². The van der Waals surface area contributed by atoms with Crippen LogP contribution in [0.4, 0.5) is 10.7 Å². The van der Waals surface area contributed by atoms with Gasteiger partial charge < -0.3 is 10.1 Å². The number of carbonyl (C=O) groups excluding carboxylic acids is 1. The molecule has 0 radical (unpaired) electrons. The number of rotatable bonds is 5. The van der Waals surface area contributed by atoms with Gasteiger partial charge in [0.2, 0.25) is 5.91 Å². The summed E-state index contributed by atoms with van der Waals surface area (Å²) < 4.78 is 5.34. The van der Waals surface area contributed by atoms with E-state index in [2.05, 4.69) is 24.1 Å². The van der Waals surface area contributed by atoms with Crippen LogP contribution in [0.2, 0.25) is 0 Å². The molecule has 1 N–H and O–H groups in total. The summed E-state index contributed by atoms with van der Waals surface area (Å²) in [6.45, 7) is 6.23. The van der Waals surface area contributed by atoms with E-state index in [0.717, 1.165) is 38.3 Å². The van der Waals surface area contributed by atoms with Crippen molar-refractivity contribution in [2.75, 3.05) is 18.7 Å². The summed E-state index contributed by atoms with van der Waals surface area (Å²) in [6, 6.07) is 9.71. The topological polar surface area (TPSA) is 79.2 Å². The van der Waals surface area contributed by atoms with Crippen molar-refractivity contribution in [1.82, 2.24) is 9.99 Å². The van der Waals surface area contributed by atoms with Gasteiger partial charge in [0.1, 0.15) is 16.5 Å². The minimum Gasteiger partial charge on any atom is -0.495 e. The molecule has 0 saturated carbocycles. The van der Waals surface area contributed by atoms with Crippen LogP contribution >= 0.6 is 23.1 Å². The molecule has 0 unspecified atom stereocenters. The van der Waals surface area contributed by atoms with Gasteiger partial charge in [-0.25, -0.2) is 10.0 Å². The van der Waals surface area contributed by atoms with Crippen molar-refractivity contribution in [3.05, 3.63) is 69.9 Å². The molecule has 1 aliphatic heterocycles. The van der Waals surface area contributed by atoms with Gasteiger partial charge in [0, 0.05) is 34.8 Å². The molecule has 0 bridgehead atoms. The van der Waals surface area contributed by atoms with Crippen LogP contribution in [0.5, 0.6) is 5.75 Å². The zero-order valence-electron chi connectivity index (χ0n) is 19.2. The van der Waals surface area contributed by atoms with Gasteiger partial charge in [-0.2, -0.15) is 5.10 Å². The zero-order valence-corrected chi connectivity index (χ0v) is 20.8. The Hall–Kier alpha value is -3.17. The maximum absolute atomic E-state index is 11.4. The summed E-state index contributed by atoms with van der Waals surface area (Å²) in [7, 11) is 1.63. The summed E-state index contributed by atoms with van der Waals surface area (Å²) in [5.74, 6) is 0.602. The molecule has 0 aliphatic carbocycles. The number of amidine groups is 1. The number of hydrogen-bond donors (Lipinski definition) is 1. The van der Waals surface area contributed by atoms with Crippen LogP contribution in [0, 0.1) is 13.8 Å². The van der Waals surface area contributed by atoms with Crippen molar-refractivity contribution in [2.45, 2.75) is 27.3 Å². The predicted molar refractivity (Wildman–Crippen MR) is 137 cm³/mol. The first-order chi connectivity index (χ1) is 15.9. The van der Waals surface area contributed by atoms with Crippen LogP contribution in [0.1, 0.15) is 34.1 Å². The van der Waals surface area contributed by atoms with E-state index in [0.29, 0.717) is 12.3 Å². The molecule has 9 heteroatoms. The number of anilines is 1. The van der Waals surface area contributed by atoms with Crippen molar-refractivity contribution in [1.29, 1.82) is 0 Å². The zero-order chi connectivity index (χ0) is 23.5. The van der Waals surface area contributed by atoms with Crippen molar-refractivity contribution in [3.8, 4) is 5.75 Å². The molecule has 2 aromatic heterocycles. The molecular formula is C24H25N5O2S2. The lowest BCUT2D eigenvalue weighted by Gasteiger charge is -2.20. The van der Waals surface area contributed by atoms with Gasteiger partial charge in [-0.1, -0.05) is 23.9 Å². The summed E-state index contributed by atoms with van der Waals surface area (Å²) in [5.41, 5.74) is 5.75. The Morgan fingerprint density at radius 2 is 1.97 bits per heavy atom. The first kappa shape index (κ1) is 23.0. The standard InChI is InChI=1S/C24H25N5O2S2/c1-14-15(2)33-23-21(14)22(18-6-8-19(9-7-18)26-16(3)30)28-29(24(27-23)32-5)13-17-10-20(31-4)12-25-11-17/h6-12H,13H2,1-5H3,(H,26,30). The lowest BCUT2D eigenvalue weighted by atomic mass is 10.00. The quantitative estimate of drug-likeness (QED) is 0.534. The Bertz CT molecular complexity index is 1250. The number of thioether (sulfide) groups is 1. The molecule has 1 aliphatic rings. The number of nitrogens with one attached hydrogen (secondary N) is 1. The first-order valence-electron chi connectivity index (χ1n) is 10.3. The summed E-state index contributed by atoms with van der Waals surface area (Å²) in [5, 5.41) is 11.6. The van der Waals surface area contributed by atoms with Gasteiger partial charge >= 0.3 is 0 Å². The van der Waals surface area contributed by atoms with Gasteiger partial charge in [-0.15, -0.1) is 11.3 Å². The number of pyridine rings is 1. The van der Waals surface area contributed by atoms with E-state index in [1.54, 1.807) is 36.4 Å². The lowest BCUT2D eigenvalue weighted by Crippen LogP contribution is -2.24. The molecule has 3 aromatic rings. The minimum absolute atomic E-state index is 0.0998. The van der Waals surface area contributed by atoms with E-state index in [-0.39, 0.29) is 5.91 Å². The van der Waals surface area contributed by atoms with Gasteiger partial charge in [0.15, 0.2) is 5.17 Å². The molecule has 0 saturated heterocycles. The van der Waals surface area contributed by atoms with Crippen LogP contribution in [0.25, 0.3) is 0 Å². The average molecular weight is 480 g/mol. The second-order valence-electron chi connectivity index (χ2n) is 7.56. The van der Waals surface area contributed by atoms with Crippen LogP contribution < -0.4 is 10.1 Å². The molecule has 7 nitrogen and oxygen atoms in total. The lowest BCUT2D eigenvalue weighted by molar-refractivity contribution is -0.114. The number of ether oxygens (including phenoxy) is 1. The smallest absolute Gasteiger partial charge is 0.221 e. The Labute approximate surface area is 201 Å². The van der Waals surface area contributed by atoms with Crippen LogP contribution in [-0.4, -0.2) is 40.1 Å². The Balaban J connectivity index is 1.81. The highest BCUT2D eigenvalue weighted by Gasteiger charge is 2.26. The summed E-state index contributed by atoms with van der Waals surface area (Å²) in [4.78, 5) is 21.9. The number of carbonyl (C=O) groups is 1. The van der Waals surface area contributed by atoms with E-state index in [4.69, 9.17) is 14.8 Å². The summed E-state index contributed by atoms with van der Waals surface area (Å²) in [6.07, 6.45) is 5.50. The largest absolute Gasteiger partial charge is 0.495 e. The van der Waals surface area contributed by atoms with Crippen LogP contribution in [-0.2, 0) is 11.3 Å². The Morgan fingerprint density at radius 1 is 1.21 bits per heavy atom. The third-order valence-corrected chi connectivity index (χ3v) is 7.01. The number of nitrogens with zero attached hydrogens (tertiary/aromatic N) is 4. The molecule has 3 heterocycles. The monoisotopic (exact) mass is 479 g/mol. The fourth-order valence-electron chi connectivity index (χ4n) is 3.53. The normalized spacial score (nSPS) is 13.1. The van der Waals surface area contributed by atoms with Crippen LogP contribution in [0.3, 0.4) is 0 Å². The maximum atomic E-state index is 11.4. The molecule has 0 atom stereocenters. The maximum Gasteiger partial charge on any atom is 0.221 e. The van der Waals surface area contributed by atoms with Crippen molar-refractivity contribution < 1.29 is 9.53 Å². The fraction of sp³-hybridized carbons (Fsp3) is 0.250. The number of aliphatic imine (C=N–C) groups is 1. The van der Waals surface area contributed by atoms with Gasteiger partial charge in [-0.05, 0) is 49.4 Å². The van der Waals surface area contributed by atoms with E-state index in [9.17, 15) is 4.79 Å². The highest BCUT2D eigenvalue weighted by atomic mass is 32.2. The van der Waals surface area contributed by atoms with Crippen molar-refractivity contribution in [2.24, 2.45) is 10.1 Å². The molecule has 1 amide bonds. The number of thiophene rings is 1. The average Bonchev–Trinajstić information content (AvgIpc) is 2.98. The highest BCUT2D eigenvalue weighted by Crippen LogP contribution is 2.39. The van der Waals surface area contributed by atoms with E-state index in [1.807, 2.05) is 47.8 Å². The molecular weight excluding hydrogens is 454 g/mol. The molecule has 170 valence electrons. The predicted octanol–water partition coefficient (Wildman–Crippen LogP) is 5.35. The van der Waals surface area contributed by atoms with E-state index < -0.39 is 0 Å². The molecule has 4 rings (SSSR count). The Kier molecular flexibility index (Phi) is 6.80. The number of fused-ring (bicyclic) bond motifs is 1. The SMILES string of the molecule is COc1cncc(CN2N=C(c3ccc(NC(C)=O)cc3)c3c(sc(C)c3C)N=C2SC)c1. The molecule has 0 spiro atoms. The van der Waals surface area contributed by atoms with Crippen molar-refractivity contribution >= 4 is 50.6 Å². The number of aryl methyl sites for hydroxylation is 1.